The Bertz CT molecular complexity index is 94.9. The number of unbranched alkanes of at least 4 members (excludes halogenated alkanes) is 1. The third-order valence-corrected chi connectivity index (χ3v) is 1.63. The minimum atomic E-state index is -0.579. The van der Waals surface area contributed by atoms with Crippen molar-refractivity contribution >= 4 is 0 Å². The second-order valence-electron chi connectivity index (χ2n) is 3.04. The van der Waals surface area contributed by atoms with Gasteiger partial charge in [-0.3, -0.25) is 0 Å². The molecule has 1 atom stereocenters. The lowest BCUT2D eigenvalue weighted by Gasteiger charge is -2.20. The third kappa shape index (κ3) is 4.57. The van der Waals surface area contributed by atoms with Crippen LogP contribution in [-0.4, -0.2) is 10.7 Å². The minimum Gasteiger partial charge on any atom is -0.390 e. The van der Waals surface area contributed by atoms with E-state index in [2.05, 4.69) is 6.92 Å². The molecule has 0 aromatic rings. The second kappa shape index (κ2) is 4.51. The SMILES string of the molecule is [CH]=CC[C@](C)(O)CCCC. The molecule has 0 unspecified atom stereocenters. The molecule has 59 valence electrons. The minimum absolute atomic E-state index is 0.579. The standard InChI is InChI=1S/C9H17O/c1-4-6-8-9(3,10)7-5-2/h2,5,10H,4,6-8H2,1,3H3/t9-/m0/s1. The van der Waals surface area contributed by atoms with Gasteiger partial charge < -0.3 is 5.11 Å². The zero-order valence-corrected chi connectivity index (χ0v) is 6.93. The number of hydrogen-bond donors (Lipinski definition) is 1. The summed E-state index contributed by atoms with van der Waals surface area (Å²) in [5.74, 6) is 0. The maximum absolute atomic E-state index is 9.53. The van der Waals surface area contributed by atoms with Crippen molar-refractivity contribution in [1.82, 2.24) is 0 Å². The van der Waals surface area contributed by atoms with Crippen LogP contribution in [-0.2, 0) is 0 Å². The van der Waals surface area contributed by atoms with Crippen LogP contribution in [0.2, 0.25) is 0 Å². The average molecular weight is 141 g/mol. The van der Waals surface area contributed by atoms with Crippen LogP contribution < -0.4 is 0 Å². The van der Waals surface area contributed by atoms with Crippen LogP contribution in [0.15, 0.2) is 6.08 Å². The second-order valence-corrected chi connectivity index (χ2v) is 3.04. The monoisotopic (exact) mass is 141 g/mol. The first-order valence-corrected chi connectivity index (χ1v) is 3.88. The van der Waals surface area contributed by atoms with E-state index in [-0.39, 0.29) is 0 Å². The van der Waals surface area contributed by atoms with Gasteiger partial charge in [0.15, 0.2) is 0 Å². The molecule has 0 saturated heterocycles. The van der Waals surface area contributed by atoms with E-state index in [1.54, 1.807) is 0 Å². The highest BCUT2D eigenvalue weighted by molar-refractivity contribution is 4.80. The Morgan fingerprint density at radius 2 is 2.20 bits per heavy atom. The van der Waals surface area contributed by atoms with E-state index in [0.717, 1.165) is 19.3 Å². The molecule has 0 fully saturated rings. The van der Waals surface area contributed by atoms with Crippen LogP contribution in [0, 0.1) is 6.58 Å². The van der Waals surface area contributed by atoms with Gasteiger partial charge in [-0.15, -0.1) is 0 Å². The Morgan fingerprint density at radius 1 is 1.60 bits per heavy atom. The zero-order chi connectivity index (χ0) is 8.04. The van der Waals surface area contributed by atoms with Crippen molar-refractivity contribution in [2.24, 2.45) is 0 Å². The Kier molecular flexibility index (Phi) is 4.37. The normalized spacial score (nSPS) is 16.3. The van der Waals surface area contributed by atoms with Crippen LogP contribution in [0.3, 0.4) is 0 Å². The molecule has 0 bridgehead atoms. The molecule has 0 aromatic carbocycles. The predicted octanol–water partition coefficient (Wildman–Crippen LogP) is 2.31. The van der Waals surface area contributed by atoms with E-state index in [0.29, 0.717) is 6.42 Å². The molecule has 0 amide bonds. The largest absolute Gasteiger partial charge is 0.390 e. The van der Waals surface area contributed by atoms with Crippen molar-refractivity contribution in [3.05, 3.63) is 12.7 Å². The van der Waals surface area contributed by atoms with Crippen LogP contribution in [0.4, 0.5) is 0 Å². The lowest BCUT2D eigenvalue weighted by Crippen LogP contribution is -2.22. The van der Waals surface area contributed by atoms with Crippen LogP contribution >= 0.6 is 0 Å². The molecule has 1 N–H and O–H groups in total. The summed E-state index contributed by atoms with van der Waals surface area (Å²) < 4.78 is 0. The Balaban J connectivity index is 3.51. The summed E-state index contributed by atoms with van der Waals surface area (Å²) in [6.45, 7) is 9.14. The zero-order valence-electron chi connectivity index (χ0n) is 6.93. The Labute approximate surface area is 63.8 Å². The highest BCUT2D eigenvalue weighted by Gasteiger charge is 2.16. The summed E-state index contributed by atoms with van der Waals surface area (Å²) >= 11 is 0. The van der Waals surface area contributed by atoms with Crippen LogP contribution in [0.5, 0.6) is 0 Å². The molecule has 0 aliphatic carbocycles. The average Bonchev–Trinajstić information content (AvgIpc) is 1.84. The van der Waals surface area contributed by atoms with Gasteiger partial charge in [0.1, 0.15) is 0 Å². The van der Waals surface area contributed by atoms with E-state index in [4.69, 9.17) is 6.58 Å². The van der Waals surface area contributed by atoms with E-state index in [9.17, 15) is 5.11 Å². The fourth-order valence-corrected chi connectivity index (χ4v) is 0.914. The number of rotatable bonds is 5. The maximum Gasteiger partial charge on any atom is 0.0654 e. The summed E-state index contributed by atoms with van der Waals surface area (Å²) in [6.07, 6.45) is 5.15. The van der Waals surface area contributed by atoms with Gasteiger partial charge in [-0.2, -0.15) is 0 Å². The maximum atomic E-state index is 9.53. The van der Waals surface area contributed by atoms with Crippen molar-refractivity contribution in [2.75, 3.05) is 0 Å². The van der Waals surface area contributed by atoms with Gasteiger partial charge in [0.25, 0.3) is 0 Å². The fraction of sp³-hybridized carbons (Fsp3) is 0.778. The molecule has 0 saturated carbocycles. The van der Waals surface area contributed by atoms with Gasteiger partial charge >= 0.3 is 0 Å². The summed E-state index contributed by atoms with van der Waals surface area (Å²) in [6, 6.07) is 0. The van der Waals surface area contributed by atoms with Gasteiger partial charge in [0, 0.05) is 0 Å². The first-order chi connectivity index (χ1) is 4.62. The summed E-state index contributed by atoms with van der Waals surface area (Å²) in [5.41, 5.74) is -0.579. The summed E-state index contributed by atoms with van der Waals surface area (Å²) in [4.78, 5) is 0. The third-order valence-electron chi connectivity index (χ3n) is 1.63. The molecule has 1 radical (unpaired) electrons. The van der Waals surface area contributed by atoms with Gasteiger partial charge in [-0.05, 0) is 19.8 Å². The molecule has 0 spiro atoms. The molecule has 1 nitrogen and oxygen atoms in total. The first-order valence-electron chi connectivity index (χ1n) is 3.88. The number of hydrogen-bond acceptors (Lipinski definition) is 1. The van der Waals surface area contributed by atoms with Gasteiger partial charge in [0.05, 0.1) is 5.60 Å². The molecule has 1 heteroatoms. The summed E-state index contributed by atoms with van der Waals surface area (Å²) in [5, 5.41) is 9.53. The molecule has 0 aliphatic heterocycles. The molecule has 0 rings (SSSR count). The highest BCUT2D eigenvalue weighted by Crippen LogP contribution is 2.17. The van der Waals surface area contributed by atoms with Crippen molar-refractivity contribution < 1.29 is 5.11 Å². The van der Waals surface area contributed by atoms with Crippen molar-refractivity contribution in [3.8, 4) is 0 Å². The fourth-order valence-electron chi connectivity index (χ4n) is 0.914. The van der Waals surface area contributed by atoms with Gasteiger partial charge in [-0.1, -0.05) is 32.4 Å². The smallest absolute Gasteiger partial charge is 0.0654 e. The van der Waals surface area contributed by atoms with Crippen molar-refractivity contribution in [3.63, 3.8) is 0 Å². The molecule has 0 heterocycles. The molecular formula is C9H17O. The topological polar surface area (TPSA) is 20.2 Å². The van der Waals surface area contributed by atoms with E-state index in [1.807, 2.05) is 6.92 Å². The lowest BCUT2D eigenvalue weighted by atomic mass is 9.96. The Morgan fingerprint density at radius 3 is 2.60 bits per heavy atom. The van der Waals surface area contributed by atoms with Crippen LogP contribution in [0.25, 0.3) is 0 Å². The van der Waals surface area contributed by atoms with E-state index >= 15 is 0 Å². The van der Waals surface area contributed by atoms with Crippen molar-refractivity contribution in [1.29, 1.82) is 0 Å². The molecule has 0 aromatic heterocycles. The molecular weight excluding hydrogens is 124 g/mol. The quantitative estimate of drug-likeness (QED) is 0.623. The van der Waals surface area contributed by atoms with Crippen LogP contribution in [0.1, 0.15) is 39.5 Å². The lowest BCUT2D eigenvalue weighted by molar-refractivity contribution is 0.0517. The van der Waals surface area contributed by atoms with E-state index < -0.39 is 5.60 Å². The van der Waals surface area contributed by atoms with Crippen molar-refractivity contribution in [2.45, 2.75) is 45.1 Å². The number of aliphatic hydroxyl groups is 1. The molecule has 0 aliphatic rings. The van der Waals surface area contributed by atoms with E-state index in [1.165, 1.54) is 6.08 Å². The first kappa shape index (κ1) is 9.70. The highest BCUT2D eigenvalue weighted by atomic mass is 16.3. The van der Waals surface area contributed by atoms with Gasteiger partial charge in [-0.25, -0.2) is 0 Å². The predicted molar refractivity (Wildman–Crippen MR) is 43.6 cm³/mol. The molecule has 10 heavy (non-hydrogen) atoms. The Hall–Kier alpha value is -0.300. The summed E-state index contributed by atoms with van der Waals surface area (Å²) in [7, 11) is 0. The van der Waals surface area contributed by atoms with Gasteiger partial charge in [0.2, 0.25) is 0 Å².